The van der Waals surface area contributed by atoms with Crippen LogP contribution in [-0.4, -0.2) is 22.1 Å². The van der Waals surface area contributed by atoms with Gasteiger partial charge in [-0.2, -0.15) is 0 Å². The van der Waals surface area contributed by atoms with Crippen molar-refractivity contribution in [1.29, 1.82) is 0 Å². The maximum Gasteiger partial charge on any atom is 0.257 e. The molecule has 0 fully saturated rings. The molecule has 3 aromatic rings. The molecule has 1 amide bonds. The topological polar surface area (TPSA) is 68.0 Å². The Balaban J connectivity index is 1.47. The number of amides is 1. The number of rotatable bonds is 7. The summed E-state index contributed by atoms with van der Waals surface area (Å²) >= 11 is 1.53. The van der Waals surface area contributed by atoms with Crippen LogP contribution in [0.5, 0.6) is 0 Å². The smallest absolute Gasteiger partial charge is 0.257 e. The number of carbonyl (C=O) groups is 1. The molecule has 0 radical (unpaired) electrons. The lowest BCUT2D eigenvalue weighted by Gasteiger charge is -2.13. The van der Waals surface area contributed by atoms with E-state index in [0.717, 1.165) is 17.7 Å². The summed E-state index contributed by atoms with van der Waals surface area (Å²) in [6.07, 6.45) is 1.93. The van der Waals surface area contributed by atoms with Gasteiger partial charge in [-0.1, -0.05) is 36.4 Å². The minimum atomic E-state index is -0.100. The van der Waals surface area contributed by atoms with Crippen LogP contribution in [0.1, 0.15) is 24.8 Å². The molecule has 6 heteroatoms. The molecule has 0 spiro atoms. The first kappa shape index (κ1) is 16.4. The Labute approximate surface area is 144 Å². The fourth-order valence-corrected chi connectivity index (χ4v) is 3.03. The number of carbonyl (C=O) groups excluding carboxylic acids is 1. The third-order valence-electron chi connectivity index (χ3n) is 3.63. The second-order valence-corrected chi connectivity index (χ2v) is 6.60. The third-order valence-corrected chi connectivity index (χ3v) is 4.48. The van der Waals surface area contributed by atoms with Gasteiger partial charge in [-0.05, 0) is 36.8 Å². The average molecular weight is 341 g/mol. The number of aryl methyl sites for hydroxylation is 1. The molecule has 1 N–H and O–H groups in total. The van der Waals surface area contributed by atoms with Crippen molar-refractivity contribution in [3.05, 3.63) is 59.3 Å². The Morgan fingerprint density at radius 3 is 2.79 bits per heavy atom. The fraction of sp³-hybridized carbons (Fsp3) is 0.278. The Kier molecular flexibility index (Phi) is 5.38. The second kappa shape index (κ2) is 7.88. The van der Waals surface area contributed by atoms with Crippen molar-refractivity contribution in [1.82, 2.24) is 15.5 Å². The summed E-state index contributed by atoms with van der Waals surface area (Å²) in [7, 11) is 0. The molecular formula is C18H19N3O2S. The van der Waals surface area contributed by atoms with E-state index in [1.165, 1.54) is 16.9 Å². The van der Waals surface area contributed by atoms with E-state index < -0.39 is 0 Å². The Morgan fingerprint density at radius 2 is 2.04 bits per heavy atom. The molecule has 0 saturated carbocycles. The Morgan fingerprint density at radius 1 is 1.21 bits per heavy atom. The summed E-state index contributed by atoms with van der Waals surface area (Å²) in [6.45, 7) is 2.01. The van der Waals surface area contributed by atoms with Crippen LogP contribution in [0.3, 0.4) is 0 Å². The van der Waals surface area contributed by atoms with E-state index in [2.05, 4.69) is 27.6 Å². The van der Waals surface area contributed by atoms with Gasteiger partial charge in [0.15, 0.2) is 0 Å². The van der Waals surface area contributed by atoms with E-state index in [4.69, 9.17) is 4.42 Å². The van der Waals surface area contributed by atoms with Gasteiger partial charge in [-0.3, -0.25) is 4.79 Å². The maximum atomic E-state index is 12.1. The lowest BCUT2D eigenvalue weighted by atomic mass is 10.1. The van der Waals surface area contributed by atoms with Crippen LogP contribution < -0.4 is 5.32 Å². The molecule has 2 heterocycles. The highest BCUT2D eigenvalue weighted by Gasteiger charge is 2.14. The Hall–Kier alpha value is -2.47. The van der Waals surface area contributed by atoms with Crippen molar-refractivity contribution in [2.24, 2.45) is 0 Å². The van der Waals surface area contributed by atoms with E-state index in [1.54, 1.807) is 0 Å². The molecule has 0 aliphatic carbocycles. The summed E-state index contributed by atoms with van der Waals surface area (Å²) in [5.41, 5.74) is 1.27. The lowest BCUT2D eigenvalue weighted by molar-refractivity contribution is -0.121. The molecule has 124 valence electrons. The van der Waals surface area contributed by atoms with Crippen LogP contribution in [-0.2, 0) is 17.6 Å². The first-order valence-corrected chi connectivity index (χ1v) is 8.78. The standard InChI is InChI=1S/C18H19N3O2S/c1-13(9-10-14-6-3-2-4-7-14)19-16(22)12-17-20-21-18(23-17)15-8-5-11-24-15/h2-8,11,13H,9-10,12H2,1H3,(H,19,22)/t13-/m1/s1. The van der Waals surface area contributed by atoms with Gasteiger partial charge in [0.05, 0.1) is 4.88 Å². The summed E-state index contributed by atoms with van der Waals surface area (Å²) in [4.78, 5) is 13.0. The highest BCUT2D eigenvalue weighted by atomic mass is 32.1. The van der Waals surface area contributed by atoms with Crippen molar-refractivity contribution in [2.45, 2.75) is 32.2 Å². The number of nitrogens with one attached hydrogen (secondary N) is 1. The first-order valence-electron chi connectivity index (χ1n) is 7.90. The molecule has 0 aliphatic rings. The number of hydrogen-bond acceptors (Lipinski definition) is 5. The van der Waals surface area contributed by atoms with E-state index >= 15 is 0 Å². The van der Waals surface area contributed by atoms with Crippen LogP contribution in [0.15, 0.2) is 52.3 Å². The molecule has 2 aromatic heterocycles. The third kappa shape index (κ3) is 4.52. The van der Waals surface area contributed by atoms with Crippen molar-refractivity contribution < 1.29 is 9.21 Å². The molecule has 1 aromatic carbocycles. The summed E-state index contributed by atoms with van der Waals surface area (Å²) < 4.78 is 5.54. The fourth-order valence-electron chi connectivity index (χ4n) is 2.39. The molecule has 3 rings (SSSR count). The van der Waals surface area contributed by atoms with Gasteiger partial charge in [0.1, 0.15) is 6.42 Å². The van der Waals surface area contributed by atoms with Crippen molar-refractivity contribution in [2.75, 3.05) is 0 Å². The van der Waals surface area contributed by atoms with E-state index in [9.17, 15) is 4.79 Å². The maximum absolute atomic E-state index is 12.1. The summed E-state index contributed by atoms with van der Waals surface area (Å²) in [6, 6.07) is 14.2. The molecule has 0 aliphatic heterocycles. The second-order valence-electron chi connectivity index (χ2n) is 5.65. The highest BCUT2D eigenvalue weighted by Crippen LogP contribution is 2.22. The SMILES string of the molecule is C[C@H](CCc1ccccc1)NC(=O)Cc1nnc(-c2cccs2)o1. The van der Waals surface area contributed by atoms with Crippen LogP contribution in [0.25, 0.3) is 10.8 Å². The molecule has 0 bridgehead atoms. The van der Waals surface area contributed by atoms with Crippen LogP contribution in [0.4, 0.5) is 0 Å². The number of benzene rings is 1. The number of thiophene rings is 1. The largest absolute Gasteiger partial charge is 0.419 e. The van der Waals surface area contributed by atoms with Crippen molar-refractivity contribution in [3.8, 4) is 10.8 Å². The molecule has 0 saturated heterocycles. The van der Waals surface area contributed by atoms with Gasteiger partial charge in [0, 0.05) is 6.04 Å². The van der Waals surface area contributed by atoms with Gasteiger partial charge < -0.3 is 9.73 Å². The van der Waals surface area contributed by atoms with Crippen LogP contribution in [0.2, 0.25) is 0 Å². The lowest BCUT2D eigenvalue weighted by Crippen LogP contribution is -2.34. The summed E-state index contributed by atoms with van der Waals surface area (Å²) in [5, 5.41) is 12.8. The zero-order chi connectivity index (χ0) is 16.8. The number of aromatic nitrogens is 2. The van der Waals surface area contributed by atoms with E-state index in [-0.39, 0.29) is 18.4 Å². The molecule has 24 heavy (non-hydrogen) atoms. The predicted molar refractivity (Wildman–Crippen MR) is 93.7 cm³/mol. The Bertz CT molecular complexity index is 769. The van der Waals surface area contributed by atoms with E-state index in [1.807, 2.05) is 42.6 Å². The molecule has 1 atom stereocenters. The normalized spacial score (nSPS) is 12.0. The molecule has 5 nitrogen and oxygen atoms in total. The quantitative estimate of drug-likeness (QED) is 0.714. The minimum Gasteiger partial charge on any atom is -0.419 e. The van der Waals surface area contributed by atoms with Gasteiger partial charge in [0.2, 0.25) is 11.8 Å². The van der Waals surface area contributed by atoms with Crippen molar-refractivity contribution in [3.63, 3.8) is 0 Å². The molecule has 0 unspecified atom stereocenters. The molecular weight excluding hydrogens is 322 g/mol. The van der Waals surface area contributed by atoms with Gasteiger partial charge in [-0.25, -0.2) is 0 Å². The minimum absolute atomic E-state index is 0.0948. The zero-order valence-corrected chi connectivity index (χ0v) is 14.3. The monoisotopic (exact) mass is 341 g/mol. The summed E-state index contributed by atoms with van der Waals surface area (Å²) in [5.74, 6) is 0.702. The van der Waals surface area contributed by atoms with Gasteiger partial charge >= 0.3 is 0 Å². The average Bonchev–Trinajstić information content (AvgIpc) is 3.25. The first-order chi connectivity index (χ1) is 11.7. The van der Waals surface area contributed by atoms with Crippen LogP contribution >= 0.6 is 11.3 Å². The predicted octanol–water partition coefficient (Wildman–Crippen LogP) is 3.48. The van der Waals surface area contributed by atoms with Crippen LogP contribution in [0, 0.1) is 0 Å². The number of hydrogen-bond donors (Lipinski definition) is 1. The van der Waals surface area contributed by atoms with Gasteiger partial charge in [0.25, 0.3) is 5.89 Å². The van der Waals surface area contributed by atoms with Gasteiger partial charge in [-0.15, -0.1) is 21.5 Å². The zero-order valence-electron chi connectivity index (χ0n) is 13.4. The highest BCUT2D eigenvalue weighted by molar-refractivity contribution is 7.13. The van der Waals surface area contributed by atoms with Crippen molar-refractivity contribution >= 4 is 17.2 Å². The number of nitrogens with zero attached hydrogens (tertiary/aromatic N) is 2. The van der Waals surface area contributed by atoms with E-state index in [0.29, 0.717) is 11.8 Å².